The molecule has 1 amide bonds. The summed E-state index contributed by atoms with van der Waals surface area (Å²) in [6, 6.07) is 12.4. The summed E-state index contributed by atoms with van der Waals surface area (Å²) in [5.41, 5.74) is 7.47. The fourth-order valence-electron chi connectivity index (χ4n) is 2.28. The molecule has 3 rings (SSSR count). The molecule has 0 aliphatic heterocycles. The van der Waals surface area contributed by atoms with E-state index in [2.05, 4.69) is 5.32 Å². The Morgan fingerprint density at radius 1 is 1.22 bits per heavy atom. The van der Waals surface area contributed by atoms with E-state index in [-0.39, 0.29) is 5.91 Å². The molecule has 1 fully saturated rings. The van der Waals surface area contributed by atoms with Gasteiger partial charge in [0, 0.05) is 5.69 Å². The standard InChI is InChI=1S/C18H20N2O3/c1-22-17-9-8-13(10-15(17)19)20-18(21)14-4-2-3-5-16(14)23-11-12-6-7-12/h2-5,8-10,12H,6-7,11,19H2,1H3,(H,20,21). The maximum absolute atomic E-state index is 12.5. The van der Waals surface area contributed by atoms with Gasteiger partial charge in [-0.3, -0.25) is 4.79 Å². The molecule has 5 heteroatoms. The molecular formula is C18H20N2O3. The molecule has 1 aliphatic carbocycles. The van der Waals surface area contributed by atoms with Crippen molar-refractivity contribution in [3.63, 3.8) is 0 Å². The molecular weight excluding hydrogens is 292 g/mol. The summed E-state index contributed by atoms with van der Waals surface area (Å²) in [4.78, 5) is 12.5. The van der Waals surface area contributed by atoms with Gasteiger partial charge in [-0.15, -0.1) is 0 Å². The molecule has 1 aliphatic rings. The first kappa shape index (κ1) is 15.2. The first-order valence-corrected chi connectivity index (χ1v) is 7.64. The summed E-state index contributed by atoms with van der Waals surface area (Å²) in [6.07, 6.45) is 2.42. The zero-order valence-corrected chi connectivity index (χ0v) is 13.0. The maximum atomic E-state index is 12.5. The molecule has 2 aromatic carbocycles. The van der Waals surface area contributed by atoms with Crippen LogP contribution in [0.3, 0.4) is 0 Å². The molecule has 0 saturated heterocycles. The quantitative estimate of drug-likeness (QED) is 0.803. The predicted molar refractivity (Wildman–Crippen MR) is 90.0 cm³/mol. The average molecular weight is 312 g/mol. The fourth-order valence-corrected chi connectivity index (χ4v) is 2.28. The number of hydrogen-bond acceptors (Lipinski definition) is 4. The Labute approximate surface area is 135 Å². The van der Waals surface area contributed by atoms with E-state index in [0.717, 1.165) is 0 Å². The van der Waals surface area contributed by atoms with E-state index in [1.165, 1.54) is 12.8 Å². The van der Waals surface area contributed by atoms with Gasteiger partial charge in [0.1, 0.15) is 11.5 Å². The number of amides is 1. The molecule has 120 valence electrons. The topological polar surface area (TPSA) is 73.6 Å². The second-order valence-corrected chi connectivity index (χ2v) is 5.66. The number of carbonyl (C=O) groups excluding carboxylic acids is 1. The number of methoxy groups -OCH3 is 1. The zero-order valence-electron chi connectivity index (χ0n) is 13.0. The van der Waals surface area contributed by atoms with E-state index in [4.69, 9.17) is 15.2 Å². The number of ether oxygens (including phenoxy) is 2. The van der Waals surface area contributed by atoms with E-state index >= 15 is 0 Å². The van der Waals surface area contributed by atoms with Crippen molar-refractivity contribution in [3.05, 3.63) is 48.0 Å². The van der Waals surface area contributed by atoms with Gasteiger partial charge in [-0.05, 0) is 49.1 Å². The molecule has 2 aromatic rings. The van der Waals surface area contributed by atoms with Crippen LogP contribution in [0.2, 0.25) is 0 Å². The highest BCUT2D eigenvalue weighted by atomic mass is 16.5. The van der Waals surface area contributed by atoms with Crippen molar-refractivity contribution in [3.8, 4) is 11.5 Å². The number of nitrogen functional groups attached to an aromatic ring is 1. The van der Waals surface area contributed by atoms with Crippen LogP contribution in [0.4, 0.5) is 11.4 Å². The van der Waals surface area contributed by atoms with Crippen molar-refractivity contribution < 1.29 is 14.3 Å². The highest BCUT2D eigenvalue weighted by Crippen LogP contribution is 2.31. The minimum atomic E-state index is -0.221. The fraction of sp³-hybridized carbons (Fsp3) is 0.278. The molecule has 0 atom stereocenters. The molecule has 0 heterocycles. The normalized spacial score (nSPS) is 13.4. The molecule has 23 heavy (non-hydrogen) atoms. The Kier molecular flexibility index (Phi) is 4.37. The largest absolute Gasteiger partial charge is 0.495 e. The summed E-state index contributed by atoms with van der Waals surface area (Å²) in [6.45, 7) is 0.666. The molecule has 3 N–H and O–H groups in total. The van der Waals surface area contributed by atoms with E-state index in [0.29, 0.717) is 41.0 Å². The van der Waals surface area contributed by atoms with Crippen molar-refractivity contribution in [2.24, 2.45) is 5.92 Å². The van der Waals surface area contributed by atoms with Crippen LogP contribution < -0.4 is 20.5 Å². The Bertz CT molecular complexity index is 711. The summed E-state index contributed by atoms with van der Waals surface area (Å²) in [5, 5.41) is 2.84. The molecule has 0 radical (unpaired) electrons. The Hall–Kier alpha value is -2.69. The van der Waals surface area contributed by atoms with E-state index in [1.807, 2.05) is 18.2 Å². The third-order valence-corrected chi connectivity index (χ3v) is 3.79. The Morgan fingerprint density at radius 2 is 2.00 bits per heavy atom. The summed E-state index contributed by atoms with van der Waals surface area (Å²) in [7, 11) is 1.55. The van der Waals surface area contributed by atoms with Crippen LogP contribution in [0.5, 0.6) is 11.5 Å². The van der Waals surface area contributed by atoms with Gasteiger partial charge in [-0.2, -0.15) is 0 Å². The number of nitrogens with one attached hydrogen (secondary N) is 1. The summed E-state index contributed by atoms with van der Waals surface area (Å²) in [5.74, 6) is 1.60. The van der Waals surface area contributed by atoms with Gasteiger partial charge in [0.15, 0.2) is 0 Å². The lowest BCUT2D eigenvalue weighted by Gasteiger charge is -2.12. The third-order valence-electron chi connectivity index (χ3n) is 3.79. The molecule has 5 nitrogen and oxygen atoms in total. The molecule has 1 saturated carbocycles. The Morgan fingerprint density at radius 3 is 2.70 bits per heavy atom. The molecule has 0 spiro atoms. The van der Waals surface area contributed by atoms with Crippen LogP contribution in [0.15, 0.2) is 42.5 Å². The SMILES string of the molecule is COc1ccc(NC(=O)c2ccccc2OCC2CC2)cc1N. The minimum absolute atomic E-state index is 0.221. The van der Waals surface area contributed by atoms with Crippen molar-refractivity contribution in [1.29, 1.82) is 0 Å². The van der Waals surface area contributed by atoms with Crippen molar-refractivity contribution >= 4 is 17.3 Å². The highest BCUT2D eigenvalue weighted by Gasteiger charge is 2.23. The van der Waals surface area contributed by atoms with Crippen molar-refractivity contribution in [1.82, 2.24) is 0 Å². The van der Waals surface area contributed by atoms with Crippen LogP contribution >= 0.6 is 0 Å². The van der Waals surface area contributed by atoms with Gasteiger partial charge < -0.3 is 20.5 Å². The first-order chi connectivity index (χ1) is 11.2. The first-order valence-electron chi connectivity index (χ1n) is 7.64. The van der Waals surface area contributed by atoms with E-state index in [1.54, 1.807) is 31.4 Å². The Balaban J connectivity index is 1.73. The highest BCUT2D eigenvalue weighted by molar-refractivity contribution is 6.06. The number of nitrogens with two attached hydrogens (primary N) is 1. The summed E-state index contributed by atoms with van der Waals surface area (Å²) < 4.78 is 10.9. The van der Waals surface area contributed by atoms with Crippen molar-refractivity contribution in [2.45, 2.75) is 12.8 Å². The zero-order chi connectivity index (χ0) is 16.2. The van der Waals surface area contributed by atoms with Gasteiger partial charge in [0.2, 0.25) is 0 Å². The van der Waals surface area contributed by atoms with Gasteiger partial charge in [-0.25, -0.2) is 0 Å². The van der Waals surface area contributed by atoms with Gasteiger partial charge >= 0.3 is 0 Å². The number of carbonyl (C=O) groups is 1. The number of anilines is 2. The van der Waals surface area contributed by atoms with Gasteiger partial charge in [-0.1, -0.05) is 12.1 Å². The average Bonchev–Trinajstić information content (AvgIpc) is 3.38. The lowest BCUT2D eigenvalue weighted by atomic mass is 10.1. The third kappa shape index (κ3) is 3.74. The number of hydrogen-bond donors (Lipinski definition) is 2. The second-order valence-electron chi connectivity index (χ2n) is 5.66. The van der Waals surface area contributed by atoms with E-state index < -0.39 is 0 Å². The van der Waals surface area contributed by atoms with Gasteiger partial charge in [0.25, 0.3) is 5.91 Å². The van der Waals surface area contributed by atoms with Crippen LogP contribution in [0.1, 0.15) is 23.2 Å². The predicted octanol–water partition coefficient (Wildman–Crippen LogP) is 3.32. The minimum Gasteiger partial charge on any atom is -0.495 e. The number of para-hydroxylation sites is 1. The van der Waals surface area contributed by atoms with Crippen LogP contribution in [-0.4, -0.2) is 19.6 Å². The lowest BCUT2D eigenvalue weighted by molar-refractivity contribution is 0.102. The number of benzene rings is 2. The van der Waals surface area contributed by atoms with Crippen LogP contribution in [-0.2, 0) is 0 Å². The van der Waals surface area contributed by atoms with Crippen molar-refractivity contribution in [2.75, 3.05) is 24.8 Å². The van der Waals surface area contributed by atoms with Crippen LogP contribution in [0.25, 0.3) is 0 Å². The monoisotopic (exact) mass is 312 g/mol. The molecule has 0 aromatic heterocycles. The lowest BCUT2D eigenvalue weighted by Crippen LogP contribution is -2.14. The van der Waals surface area contributed by atoms with E-state index in [9.17, 15) is 4.79 Å². The number of rotatable bonds is 6. The molecule has 0 bridgehead atoms. The van der Waals surface area contributed by atoms with Crippen LogP contribution in [0, 0.1) is 5.92 Å². The smallest absolute Gasteiger partial charge is 0.259 e. The van der Waals surface area contributed by atoms with Gasteiger partial charge in [0.05, 0.1) is 25.0 Å². The second kappa shape index (κ2) is 6.60. The summed E-state index contributed by atoms with van der Waals surface area (Å²) >= 11 is 0. The maximum Gasteiger partial charge on any atom is 0.259 e. The molecule has 0 unspecified atom stereocenters.